The van der Waals surface area contributed by atoms with Crippen molar-refractivity contribution in [2.75, 3.05) is 39.3 Å². The van der Waals surface area contributed by atoms with E-state index in [1.54, 1.807) is 0 Å². The Bertz CT molecular complexity index is 305. The van der Waals surface area contributed by atoms with E-state index >= 15 is 0 Å². The number of nitrogens with zero attached hydrogens (tertiary/aromatic N) is 2. The first-order valence-corrected chi connectivity index (χ1v) is 12.0. The Morgan fingerprint density at radius 1 is 0.538 bits per heavy atom. The van der Waals surface area contributed by atoms with Gasteiger partial charge in [-0.2, -0.15) is 0 Å². The van der Waals surface area contributed by atoms with Gasteiger partial charge in [0.15, 0.2) is 0 Å². The highest BCUT2D eigenvalue weighted by Gasteiger charge is 2.14. The fourth-order valence-corrected chi connectivity index (χ4v) is 3.91. The van der Waals surface area contributed by atoms with Gasteiger partial charge >= 0.3 is 0 Å². The lowest BCUT2D eigenvalue weighted by molar-refractivity contribution is 0.135. The highest BCUT2D eigenvalue weighted by molar-refractivity contribution is 4.81. The van der Waals surface area contributed by atoms with Gasteiger partial charge < -0.3 is 9.80 Å². The van der Waals surface area contributed by atoms with Gasteiger partial charge in [-0.1, -0.05) is 83.8 Å². The Hall–Kier alpha value is -0.340. The number of unbranched alkanes of at least 4 members (excludes halogenated alkanes) is 12. The third-order valence-corrected chi connectivity index (χ3v) is 5.90. The van der Waals surface area contributed by atoms with Crippen molar-refractivity contribution < 1.29 is 0 Å². The van der Waals surface area contributed by atoms with Crippen molar-refractivity contribution in [2.45, 2.75) is 104 Å². The Morgan fingerprint density at radius 3 is 1.54 bits per heavy atom. The molecule has 1 rings (SSSR count). The second-order valence-electron chi connectivity index (χ2n) is 8.21. The zero-order valence-corrected chi connectivity index (χ0v) is 18.2. The van der Waals surface area contributed by atoms with Crippen molar-refractivity contribution in [1.29, 1.82) is 0 Å². The molecule has 1 saturated heterocycles. The minimum atomic E-state index is 1.22. The highest BCUT2D eigenvalue weighted by atomic mass is 15.3. The first kappa shape index (κ1) is 23.7. The van der Waals surface area contributed by atoms with Crippen molar-refractivity contribution in [3.8, 4) is 0 Å². The van der Waals surface area contributed by atoms with Gasteiger partial charge in [-0.15, -0.1) is 0 Å². The van der Waals surface area contributed by atoms with E-state index in [9.17, 15) is 0 Å². The van der Waals surface area contributed by atoms with E-state index in [1.165, 1.54) is 129 Å². The summed E-state index contributed by atoms with van der Waals surface area (Å²) in [6.45, 7) is 12.3. The average molecular weight is 365 g/mol. The van der Waals surface area contributed by atoms with Crippen LogP contribution < -0.4 is 0 Å². The highest BCUT2D eigenvalue weighted by Crippen LogP contribution is 2.11. The Labute approximate surface area is 165 Å². The van der Waals surface area contributed by atoms with Crippen molar-refractivity contribution in [1.82, 2.24) is 9.80 Å². The molecule has 154 valence electrons. The zero-order chi connectivity index (χ0) is 18.7. The predicted octanol–water partition coefficient (Wildman–Crippen LogP) is 6.66. The third-order valence-electron chi connectivity index (χ3n) is 5.90. The lowest BCUT2D eigenvalue weighted by atomic mass is 10.1. The molecule has 0 radical (unpaired) electrons. The van der Waals surface area contributed by atoms with Crippen molar-refractivity contribution in [3.63, 3.8) is 0 Å². The molecule has 0 atom stereocenters. The molecule has 0 aromatic rings. The van der Waals surface area contributed by atoms with Gasteiger partial charge in [0.05, 0.1) is 0 Å². The normalized spacial score (nSPS) is 16.7. The van der Waals surface area contributed by atoms with Crippen LogP contribution in [0.25, 0.3) is 0 Å². The number of rotatable bonds is 17. The van der Waals surface area contributed by atoms with Crippen LogP contribution in [-0.2, 0) is 0 Å². The SMILES string of the molecule is CCCCCCCCC=CCCCCCCCCN1CCN(CC)CC1. The number of likely N-dealkylation sites (N-methyl/N-ethyl adjacent to an activating group) is 1. The number of hydrogen-bond acceptors (Lipinski definition) is 2. The van der Waals surface area contributed by atoms with Crippen molar-refractivity contribution >= 4 is 0 Å². The summed E-state index contributed by atoms with van der Waals surface area (Å²) in [5.41, 5.74) is 0. The fourth-order valence-electron chi connectivity index (χ4n) is 3.91. The Kier molecular flexibility index (Phi) is 16.4. The van der Waals surface area contributed by atoms with Crippen LogP contribution in [0.1, 0.15) is 104 Å². The zero-order valence-electron chi connectivity index (χ0n) is 18.2. The maximum atomic E-state index is 2.67. The second-order valence-corrected chi connectivity index (χ2v) is 8.21. The minimum absolute atomic E-state index is 1.22. The second kappa shape index (κ2) is 18.0. The number of piperazine rings is 1. The summed E-state index contributed by atoms with van der Waals surface area (Å²) >= 11 is 0. The van der Waals surface area contributed by atoms with E-state index in [4.69, 9.17) is 0 Å². The standard InChI is InChI=1S/C24H48N2/c1-3-5-6-7-8-9-10-11-12-13-14-15-16-17-18-19-20-26-23-21-25(4-2)22-24-26/h11-12H,3-10,13-24H2,1-2H3. The van der Waals surface area contributed by atoms with Crippen LogP contribution in [-0.4, -0.2) is 49.1 Å². The molecule has 0 unspecified atom stereocenters. The molecule has 0 saturated carbocycles. The van der Waals surface area contributed by atoms with E-state index in [-0.39, 0.29) is 0 Å². The summed E-state index contributed by atoms with van der Waals surface area (Å²) in [4.78, 5) is 5.24. The van der Waals surface area contributed by atoms with Crippen LogP contribution in [0, 0.1) is 0 Å². The largest absolute Gasteiger partial charge is 0.301 e. The van der Waals surface area contributed by atoms with E-state index in [1.807, 2.05) is 0 Å². The molecular weight excluding hydrogens is 316 g/mol. The van der Waals surface area contributed by atoms with Gasteiger partial charge in [0, 0.05) is 26.2 Å². The summed E-state index contributed by atoms with van der Waals surface area (Å²) < 4.78 is 0. The molecule has 0 spiro atoms. The van der Waals surface area contributed by atoms with E-state index in [0.717, 1.165) is 0 Å². The molecule has 0 N–H and O–H groups in total. The summed E-state index contributed by atoms with van der Waals surface area (Å²) in [6.07, 6.45) is 24.5. The molecule has 0 amide bonds. The first-order chi connectivity index (χ1) is 12.9. The molecule has 0 bridgehead atoms. The molecule has 0 aromatic carbocycles. The predicted molar refractivity (Wildman–Crippen MR) is 118 cm³/mol. The summed E-state index contributed by atoms with van der Waals surface area (Å²) in [7, 11) is 0. The Balaban J connectivity index is 1.75. The van der Waals surface area contributed by atoms with Crippen LogP contribution in [0.5, 0.6) is 0 Å². The molecular formula is C24H48N2. The Morgan fingerprint density at radius 2 is 1.00 bits per heavy atom. The molecule has 1 aliphatic rings. The molecule has 0 aromatic heterocycles. The van der Waals surface area contributed by atoms with Crippen LogP contribution in [0.15, 0.2) is 12.2 Å². The third kappa shape index (κ3) is 13.8. The minimum Gasteiger partial charge on any atom is -0.301 e. The molecule has 0 aliphatic carbocycles. The molecule has 26 heavy (non-hydrogen) atoms. The van der Waals surface area contributed by atoms with Crippen LogP contribution >= 0.6 is 0 Å². The van der Waals surface area contributed by atoms with Gasteiger partial charge in [0.1, 0.15) is 0 Å². The number of hydrogen-bond donors (Lipinski definition) is 0. The van der Waals surface area contributed by atoms with Crippen molar-refractivity contribution in [2.24, 2.45) is 0 Å². The average Bonchev–Trinajstić information content (AvgIpc) is 2.68. The lowest BCUT2D eigenvalue weighted by Crippen LogP contribution is -2.46. The first-order valence-electron chi connectivity index (χ1n) is 12.0. The van der Waals surface area contributed by atoms with Gasteiger partial charge in [0.2, 0.25) is 0 Å². The summed E-state index contributed by atoms with van der Waals surface area (Å²) in [6, 6.07) is 0. The summed E-state index contributed by atoms with van der Waals surface area (Å²) in [5.74, 6) is 0. The molecule has 2 heteroatoms. The lowest BCUT2D eigenvalue weighted by Gasteiger charge is -2.33. The molecule has 1 aliphatic heterocycles. The van der Waals surface area contributed by atoms with E-state index in [2.05, 4.69) is 35.8 Å². The quantitative estimate of drug-likeness (QED) is 0.210. The van der Waals surface area contributed by atoms with E-state index < -0.39 is 0 Å². The van der Waals surface area contributed by atoms with E-state index in [0.29, 0.717) is 0 Å². The smallest absolute Gasteiger partial charge is 0.0110 e. The van der Waals surface area contributed by atoms with Crippen molar-refractivity contribution in [3.05, 3.63) is 12.2 Å². The van der Waals surface area contributed by atoms with Gasteiger partial charge in [0.25, 0.3) is 0 Å². The van der Waals surface area contributed by atoms with Gasteiger partial charge in [-0.25, -0.2) is 0 Å². The van der Waals surface area contributed by atoms with Gasteiger partial charge in [-0.3, -0.25) is 0 Å². The maximum Gasteiger partial charge on any atom is 0.0110 e. The monoisotopic (exact) mass is 364 g/mol. The fraction of sp³-hybridized carbons (Fsp3) is 0.917. The molecule has 2 nitrogen and oxygen atoms in total. The van der Waals surface area contributed by atoms with Gasteiger partial charge in [-0.05, 0) is 45.2 Å². The maximum absolute atomic E-state index is 2.67. The topological polar surface area (TPSA) is 6.48 Å². The molecule has 1 fully saturated rings. The summed E-state index contributed by atoms with van der Waals surface area (Å²) in [5, 5.41) is 0. The van der Waals surface area contributed by atoms with Crippen LogP contribution in [0.4, 0.5) is 0 Å². The number of allylic oxidation sites excluding steroid dienone is 2. The van der Waals surface area contributed by atoms with Crippen LogP contribution in [0.2, 0.25) is 0 Å². The van der Waals surface area contributed by atoms with Crippen LogP contribution in [0.3, 0.4) is 0 Å². The molecule has 1 heterocycles.